The number of nitrogens with zero attached hydrogens (tertiary/aromatic N) is 3. The summed E-state index contributed by atoms with van der Waals surface area (Å²) in [6.07, 6.45) is -0.0866. The topological polar surface area (TPSA) is 88.9 Å². The first-order valence-corrected chi connectivity index (χ1v) is 8.84. The van der Waals surface area contributed by atoms with E-state index in [9.17, 15) is 9.59 Å². The van der Waals surface area contributed by atoms with Crippen LogP contribution in [-0.2, 0) is 9.59 Å². The standard InChI is InChI=1S/C18H13Cl2N5O2/c19-12-7-6-11(8-13(12)20)21-15(26)9-14-17(27)23-18-22-16(24-25(14)18)10-4-2-1-3-5-10/h1-8,14H,9H2,(H,21,26)(H,22,23,24,27)/t14-/m0/s1. The minimum Gasteiger partial charge on any atom is -0.326 e. The highest BCUT2D eigenvalue weighted by molar-refractivity contribution is 6.42. The molecule has 0 fully saturated rings. The number of halogens is 2. The molecule has 2 N–H and O–H groups in total. The van der Waals surface area contributed by atoms with Crippen molar-refractivity contribution in [2.75, 3.05) is 10.6 Å². The summed E-state index contributed by atoms with van der Waals surface area (Å²) in [6.45, 7) is 0. The van der Waals surface area contributed by atoms with Gasteiger partial charge in [-0.25, -0.2) is 4.68 Å². The third kappa shape index (κ3) is 3.51. The lowest BCUT2D eigenvalue weighted by atomic mass is 10.2. The van der Waals surface area contributed by atoms with Gasteiger partial charge in [0.1, 0.15) is 6.04 Å². The molecule has 3 aromatic rings. The van der Waals surface area contributed by atoms with Crippen LogP contribution in [0.1, 0.15) is 12.5 Å². The van der Waals surface area contributed by atoms with Crippen molar-refractivity contribution in [2.45, 2.75) is 12.5 Å². The summed E-state index contributed by atoms with van der Waals surface area (Å²) in [5.74, 6) is 0.138. The molecule has 0 spiro atoms. The molecule has 0 unspecified atom stereocenters. The highest BCUT2D eigenvalue weighted by Crippen LogP contribution is 2.29. The fourth-order valence-corrected chi connectivity index (χ4v) is 3.08. The van der Waals surface area contributed by atoms with Crippen LogP contribution >= 0.6 is 23.2 Å². The number of carbonyl (C=O) groups excluding carboxylic acids is 2. The minimum absolute atomic E-state index is 0.0866. The molecule has 1 atom stereocenters. The second kappa shape index (κ2) is 7.02. The van der Waals surface area contributed by atoms with Crippen molar-refractivity contribution >= 4 is 46.7 Å². The van der Waals surface area contributed by atoms with Crippen molar-refractivity contribution in [3.8, 4) is 11.4 Å². The highest BCUT2D eigenvalue weighted by atomic mass is 35.5. The lowest BCUT2D eigenvalue weighted by molar-refractivity contribution is -0.123. The average molecular weight is 402 g/mol. The molecule has 1 aliphatic heterocycles. The number of carbonyl (C=O) groups is 2. The molecule has 0 bridgehead atoms. The van der Waals surface area contributed by atoms with Gasteiger partial charge in [0, 0.05) is 11.3 Å². The maximum atomic E-state index is 12.4. The van der Waals surface area contributed by atoms with E-state index in [1.165, 1.54) is 4.68 Å². The Morgan fingerprint density at radius 2 is 1.93 bits per heavy atom. The zero-order valence-electron chi connectivity index (χ0n) is 13.8. The second-order valence-corrected chi connectivity index (χ2v) is 6.77. The molecule has 2 amide bonds. The Morgan fingerprint density at radius 3 is 2.67 bits per heavy atom. The van der Waals surface area contributed by atoms with Crippen LogP contribution < -0.4 is 10.6 Å². The van der Waals surface area contributed by atoms with Crippen molar-refractivity contribution in [1.29, 1.82) is 0 Å². The number of fused-ring (bicyclic) bond motifs is 1. The van der Waals surface area contributed by atoms with Gasteiger partial charge in [-0.05, 0) is 18.2 Å². The maximum Gasteiger partial charge on any atom is 0.252 e. The van der Waals surface area contributed by atoms with Crippen molar-refractivity contribution in [1.82, 2.24) is 14.8 Å². The van der Waals surface area contributed by atoms with Gasteiger partial charge >= 0.3 is 0 Å². The largest absolute Gasteiger partial charge is 0.326 e. The Bertz CT molecular complexity index is 1040. The number of anilines is 2. The SMILES string of the molecule is O=C(C[C@H]1C(=O)Nc2nc(-c3ccccc3)nn21)Nc1ccc(Cl)c(Cl)c1. The van der Waals surface area contributed by atoms with Crippen LogP contribution in [-0.4, -0.2) is 26.6 Å². The van der Waals surface area contributed by atoms with Crippen LogP contribution in [0.15, 0.2) is 48.5 Å². The lowest BCUT2D eigenvalue weighted by Gasteiger charge is -2.10. The molecule has 1 aliphatic rings. The van der Waals surface area contributed by atoms with E-state index in [1.54, 1.807) is 18.2 Å². The Balaban J connectivity index is 1.51. The number of hydrogen-bond acceptors (Lipinski definition) is 4. The Labute approximate surface area is 164 Å². The monoisotopic (exact) mass is 401 g/mol. The fourth-order valence-electron chi connectivity index (χ4n) is 2.78. The summed E-state index contributed by atoms with van der Waals surface area (Å²) >= 11 is 11.8. The van der Waals surface area contributed by atoms with Gasteiger partial charge in [0.15, 0.2) is 5.82 Å². The van der Waals surface area contributed by atoms with E-state index < -0.39 is 6.04 Å². The molecule has 136 valence electrons. The van der Waals surface area contributed by atoms with Gasteiger partial charge in [0.25, 0.3) is 5.91 Å². The molecule has 0 aliphatic carbocycles. The zero-order valence-corrected chi connectivity index (χ0v) is 15.3. The van der Waals surface area contributed by atoms with Crippen molar-refractivity contribution in [3.63, 3.8) is 0 Å². The Kier molecular flexibility index (Phi) is 4.55. The van der Waals surface area contributed by atoms with Crippen LogP contribution in [0.2, 0.25) is 10.0 Å². The molecule has 0 saturated heterocycles. The van der Waals surface area contributed by atoms with Gasteiger partial charge in [-0.3, -0.25) is 14.9 Å². The van der Waals surface area contributed by atoms with E-state index in [0.717, 1.165) is 5.56 Å². The van der Waals surface area contributed by atoms with Crippen LogP contribution in [0.3, 0.4) is 0 Å². The number of hydrogen-bond donors (Lipinski definition) is 2. The smallest absolute Gasteiger partial charge is 0.252 e. The summed E-state index contributed by atoms with van der Waals surface area (Å²) in [6, 6.07) is 13.4. The predicted molar refractivity (Wildman–Crippen MR) is 103 cm³/mol. The first kappa shape index (κ1) is 17.5. The molecule has 7 nitrogen and oxygen atoms in total. The molecular weight excluding hydrogens is 389 g/mol. The maximum absolute atomic E-state index is 12.4. The number of aromatic nitrogens is 3. The number of rotatable bonds is 4. The van der Waals surface area contributed by atoms with Crippen LogP contribution in [0, 0.1) is 0 Å². The average Bonchev–Trinajstić information content (AvgIpc) is 3.18. The first-order chi connectivity index (χ1) is 13.0. The molecule has 0 radical (unpaired) electrons. The third-order valence-electron chi connectivity index (χ3n) is 4.08. The fraction of sp³-hybridized carbons (Fsp3) is 0.111. The molecule has 27 heavy (non-hydrogen) atoms. The van der Waals surface area contributed by atoms with E-state index in [2.05, 4.69) is 20.7 Å². The number of benzene rings is 2. The number of amides is 2. The molecular formula is C18H13Cl2N5O2. The summed E-state index contributed by atoms with van der Waals surface area (Å²) in [4.78, 5) is 28.9. The van der Waals surface area contributed by atoms with Crippen molar-refractivity contribution in [2.24, 2.45) is 0 Å². The molecule has 2 heterocycles. The third-order valence-corrected chi connectivity index (χ3v) is 4.82. The summed E-state index contributed by atoms with van der Waals surface area (Å²) in [5.41, 5.74) is 1.32. The van der Waals surface area contributed by atoms with E-state index in [-0.39, 0.29) is 18.2 Å². The summed E-state index contributed by atoms with van der Waals surface area (Å²) < 4.78 is 1.44. The first-order valence-electron chi connectivity index (χ1n) is 8.09. The van der Waals surface area contributed by atoms with Gasteiger partial charge in [-0.15, -0.1) is 5.10 Å². The normalized spacial score (nSPS) is 15.3. The van der Waals surface area contributed by atoms with Crippen molar-refractivity contribution < 1.29 is 9.59 Å². The summed E-state index contributed by atoms with van der Waals surface area (Å²) in [5, 5.41) is 10.5. The van der Waals surface area contributed by atoms with E-state index >= 15 is 0 Å². The van der Waals surface area contributed by atoms with Crippen LogP contribution in [0.4, 0.5) is 11.6 Å². The lowest BCUT2D eigenvalue weighted by Crippen LogP contribution is -2.23. The van der Waals surface area contributed by atoms with Gasteiger partial charge < -0.3 is 5.32 Å². The molecule has 1 aromatic heterocycles. The van der Waals surface area contributed by atoms with Gasteiger partial charge in [0.05, 0.1) is 16.5 Å². The van der Waals surface area contributed by atoms with Crippen LogP contribution in [0.25, 0.3) is 11.4 Å². The van der Waals surface area contributed by atoms with Gasteiger partial charge in [-0.1, -0.05) is 53.5 Å². The van der Waals surface area contributed by atoms with Crippen molar-refractivity contribution in [3.05, 3.63) is 58.6 Å². The molecule has 9 heteroatoms. The van der Waals surface area contributed by atoms with Crippen LogP contribution in [0.5, 0.6) is 0 Å². The highest BCUT2D eigenvalue weighted by Gasteiger charge is 2.35. The van der Waals surface area contributed by atoms with Gasteiger partial charge in [-0.2, -0.15) is 4.98 Å². The molecule has 0 saturated carbocycles. The summed E-state index contributed by atoms with van der Waals surface area (Å²) in [7, 11) is 0. The van der Waals surface area contributed by atoms with E-state index in [0.29, 0.717) is 27.5 Å². The van der Waals surface area contributed by atoms with E-state index in [4.69, 9.17) is 23.2 Å². The predicted octanol–water partition coefficient (Wildman–Crippen LogP) is 3.77. The van der Waals surface area contributed by atoms with Gasteiger partial charge in [0.2, 0.25) is 11.9 Å². The molecule has 2 aromatic carbocycles. The second-order valence-electron chi connectivity index (χ2n) is 5.96. The quantitative estimate of drug-likeness (QED) is 0.695. The van der Waals surface area contributed by atoms with E-state index in [1.807, 2.05) is 30.3 Å². The Hall–Kier alpha value is -2.90. The molecule has 4 rings (SSSR count). The number of nitrogens with one attached hydrogen (secondary N) is 2. The Morgan fingerprint density at radius 1 is 1.15 bits per heavy atom. The zero-order chi connectivity index (χ0) is 19.0. The minimum atomic E-state index is -0.771.